The summed E-state index contributed by atoms with van der Waals surface area (Å²) in [5.74, 6) is 0. The number of amides is 3. The molecule has 1 aliphatic carbocycles. The SMILES string of the molecule is CC(C)(C)OC(=O)N1CCCc2cc(NC(=O)NC3CCCCC3)ccc21. The second-order valence-electron chi connectivity index (χ2n) is 8.51. The molecule has 148 valence electrons. The van der Waals surface area contributed by atoms with Crippen LogP contribution < -0.4 is 15.5 Å². The summed E-state index contributed by atoms with van der Waals surface area (Å²) in [6, 6.07) is 5.84. The number of hydrogen-bond donors (Lipinski definition) is 2. The van der Waals surface area contributed by atoms with Gasteiger partial charge in [0, 0.05) is 18.3 Å². The van der Waals surface area contributed by atoms with Gasteiger partial charge >= 0.3 is 12.1 Å². The molecule has 1 aliphatic heterocycles. The van der Waals surface area contributed by atoms with Gasteiger partial charge in [-0.15, -0.1) is 0 Å². The molecular weight excluding hydrogens is 342 g/mol. The van der Waals surface area contributed by atoms with E-state index in [1.807, 2.05) is 39.0 Å². The first-order valence-corrected chi connectivity index (χ1v) is 10.0. The number of nitrogens with zero attached hydrogens (tertiary/aromatic N) is 1. The fourth-order valence-corrected chi connectivity index (χ4v) is 3.78. The van der Waals surface area contributed by atoms with E-state index in [9.17, 15) is 9.59 Å². The number of carbonyl (C=O) groups is 2. The lowest BCUT2D eigenvalue weighted by molar-refractivity contribution is 0.0578. The molecule has 1 saturated carbocycles. The number of anilines is 2. The van der Waals surface area contributed by atoms with Crippen LogP contribution in [0.5, 0.6) is 0 Å². The summed E-state index contributed by atoms with van der Waals surface area (Å²) in [6.45, 7) is 6.26. The molecule has 2 aliphatic rings. The maximum atomic E-state index is 12.5. The largest absolute Gasteiger partial charge is 0.443 e. The second-order valence-corrected chi connectivity index (χ2v) is 8.51. The molecule has 0 spiro atoms. The van der Waals surface area contributed by atoms with Crippen LogP contribution in [0.2, 0.25) is 0 Å². The van der Waals surface area contributed by atoms with Crippen molar-refractivity contribution in [2.45, 2.75) is 77.4 Å². The molecule has 0 atom stereocenters. The fourth-order valence-electron chi connectivity index (χ4n) is 3.78. The highest BCUT2D eigenvalue weighted by atomic mass is 16.6. The lowest BCUT2D eigenvalue weighted by Gasteiger charge is -2.32. The summed E-state index contributed by atoms with van der Waals surface area (Å²) in [7, 11) is 0. The van der Waals surface area contributed by atoms with Crippen LogP contribution in [0.4, 0.5) is 21.0 Å². The van der Waals surface area contributed by atoms with E-state index >= 15 is 0 Å². The van der Waals surface area contributed by atoms with Gasteiger partial charge in [-0.25, -0.2) is 9.59 Å². The normalized spacial score (nSPS) is 17.8. The molecule has 0 bridgehead atoms. The molecule has 1 heterocycles. The van der Waals surface area contributed by atoms with E-state index < -0.39 is 5.60 Å². The minimum atomic E-state index is -0.520. The summed E-state index contributed by atoms with van der Waals surface area (Å²) in [4.78, 5) is 26.4. The van der Waals surface area contributed by atoms with Gasteiger partial charge in [-0.05, 0) is 70.2 Å². The summed E-state index contributed by atoms with van der Waals surface area (Å²) < 4.78 is 5.52. The van der Waals surface area contributed by atoms with Crippen molar-refractivity contribution in [2.75, 3.05) is 16.8 Å². The number of benzene rings is 1. The van der Waals surface area contributed by atoms with Gasteiger partial charge in [0.15, 0.2) is 0 Å². The second kappa shape index (κ2) is 8.19. The number of ether oxygens (including phenoxy) is 1. The molecule has 0 radical (unpaired) electrons. The van der Waals surface area contributed by atoms with E-state index in [4.69, 9.17) is 4.74 Å². The van der Waals surface area contributed by atoms with Crippen LogP contribution in [-0.4, -0.2) is 30.3 Å². The van der Waals surface area contributed by atoms with Crippen molar-refractivity contribution < 1.29 is 14.3 Å². The first-order chi connectivity index (χ1) is 12.8. The highest BCUT2D eigenvalue weighted by Gasteiger charge is 2.27. The predicted molar refractivity (Wildman–Crippen MR) is 107 cm³/mol. The Kier molecular flexibility index (Phi) is 5.92. The standard InChI is InChI=1S/C21H31N3O3/c1-21(2,3)27-20(26)24-13-7-8-15-14-17(11-12-18(15)24)23-19(25)22-16-9-5-4-6-10-16/h11-12,14,16H,4-10,13H2,1-3H3,(H2,22,23,25). The Bertz CT molecular complexity index is 690. The van der Waals surface area contributed by atoms with Gasteiger partial charge < -0.3 is 15.4 Å². The van der Waals surface area contributed by atoms with Crippen LogP contribution in [0.15, 0.2) is 18.2 Å². The molecule has 1 fully saturated rings. The number of carbonyl (C=O) groups excluding carboxylic acids is 2. The fraction of sp³-hybridized carbons (Fsp3) is 0.619. The highest BCUT2D eigenvalue weighted by Crippen LogP contribution is 2.31. The van der Waals surface area contributed by atoms with Gasteiger partial charge in [-0.3, -0.25) is 4.90 Å². The molecule has 0 aromatic heterocycles. The average molecular weight is 373 g/mol. The molecular formula is C21H31N3O3. The van der Waals surface area contributed by atoms with Crippen molar-refractivity contribution >= 4 is 23.5 Å². The lowest BCUT2D eigenvalue weighted by atomic mass is 9.96. The quantitative estimate of drug-likeness (QED) is 0.780. The molecule has 3 rings (SSSR count). The number of fused-ring (bicyclic) bond motifs is 1. The van der Waals surface area contributed by atoms with E-state index in [0.717, 1.165) is 42.6 Å². The first-order valence-electron chi connectivity index (χ1n) is 10.0. The topological polar surface area (TPSA) is 70.7 Å². The van der Waals surface area contributed by atoms with Crippen LogP contribution >= 0.6 is 0 Å². The Hall–Kier alpha value is -2.24. The zero-order valence-electron chi connectivity index (χ0n) is 16.6. The summed E-state index contributed by atoms with van der Waals surface area (Å²) in [5, 5.41) is 6.00. The molecule has 0 unspecified atom stereocenters. The van der Waals surface area contributed by atoms with Crippen LogP contribution in [0.3, 0.4) is 0 Å². The maximum absolute atomic E-state index is 12.5. The van der Waals surface area contributed by atoms with Gasteiger partial charge in [0.05, 0.1) is 5.69 Å². The van der Waals surface area contributed by atoms with Gasteiger partial charge in [-0.2, -0.15) is 0 Å². The third-order valence-corrected chi connectivity index (χ3v) is 5.01. The number of nitrogens with one attached hydrogen (secondary N) is 2. The van der Waals surface area contributed by atoms with E-state index in [2.05, 4.69) is 10.6 Å². The Morgan fingerprint density at radius 3 is 2.56 bits per heavy atom. The van der Waals surface area contributed by atoms with E-state index in [1.165, 1.54) is 19.3 Å². The first kappa shape index (κ1) is 19.5. The van der Waals surface area contributed by atoms with Crippen LogP contribution in [0.25, 0.3) is 0 Å². The van der Waals surface area contributed by atoms with E-state index in [1.54, 1.807) is 4.90 Å². The molecule has 27 heavy (non-hydrogen) atoms. The lowest BCUT2D eigenvalue weighted by Crippen LogP contribution is -2.40. The van der Waals surface area contributed by atoms with Gasteiger partial charge in [0.2, 0.25) is 0 Å². The highest BCUT2D eigenvalue weighted by molar-refractivity contribution is 5.92. The van der Waals surface area contributed by atoms with Gasteiger partial charge in [-0.1, -0.05) is 19.3 Å². The summed E-state index contributed by atoms with van der Waals surface area (Å²) in [6.07, 6.45) is 7.19. The molecule has 6 heteroatoms. The molecule has 1 aromatic rings. The van der Waals surface area contributed by atoms with Crippen molar-refractivity contribution in [2.24, 2.45) is 0 Å². The number of aryl methyl sites for hydroxylation is 1. The number of urea groups is 1. The molecule has 2 N–H and O–H groups in total. The Morgan fingerprint density at radius 1 is 1.11 bits per heavy atom. The van der Waals surface area contributed by atoms with Crippen molar-refractivity contribution in [1.29, 1.82) is 0 Å². The van der Waals surface area contributed by atoms with Gasteiger partial charge in [0.1, 0.15) is 5.60 Å². The Balaban J connectivity index is 1.65. The molecule has 0 saturated heterocycles. The number of rotatable bonds is 2. The zero-order chi connectivity index (χ0) is 19.4. The van der Waals surface area contributed by atoms with Gasteiger partial charge in [0.25, 0.3) is 0 Å². The van der Waals surface area contributed by atoms with E-state index in [0.29, 0.717) is 6.54 Å². The Morgan fingerprint density at radius 2 is 1.85 bits per heavy atom. The zero-order valence-corrected chi connectivity index (χ0v) is 16.6. The van der Waals surface area contributed by atoms with Crippen LogP contribution in [0, 0.1) is 0 Å². The minimum Gasteiger partial charge on any atom is -0.443 e. The maximum Gasteiger partial charge on any atom is 0.414 e. The third-order valence-electron chi connectivity index (χ3n) is 5.01. The molecule has 1 aromatic carbocycles. The number of hydrogen-bond acceptors (Lipinski definition) is 3. The average Bonchev–Trinajstić information content (AvgIpc) is 2.60. The van der Waals surface area contributed by atoms with Crippen molar-refractivity contribution in [1.82, 2.24) is 5.32 Å². The van der Waals surface area contributed by atoms with Crippen molar-refractivity contribution in [3.63, 3.8) is 0 Å². The molecule has 3 amide bonds. The van der Waals surface area contributed by atoms with E-state index in [-0.39, 0.29) is 18.2 Å². The van der Waals surface area contributed by atoms with Crippen molar-refractivity contribution in [3.05, 3.63) is 23.8 Å². The summed E-state index contributed by atoms with van der Waals surface area (Å²) in [5.41, 5.74) is 2.16. The monoisotopic (exact) mass is 373 g/mol. The predicted octanol–water partition coefficient (Wildman–Crippen LogP) is 4.83. The third kappa shape index (κ3) is 5.37. The van der Waals surface area contributed by atoms with Crippen LogP contribution in [-0.2, 0) is 11.2 Å². The minimum absolute atomic E-state index is 0.151. The van der Waals surface area contributed by atoms with Crippen molar-refractivity contribution in [3.8, 4) is 0 Å². The van der Waals surface area contributed by atoms with Crippen LogP contribution in [0.1, 0.15) is 64.9 Å². The summed E-state index contributed by atoms with van der Waals surface area (Å²) >= 11 is 0. The Labute approximate surface area is 161 Å². The molecule has 6 nitrogen and oxygen atoms in total. The smallest absolute Gasteiger partial charge is 0.414 e.